The summed E-state index contributed by atoms with van der Waals surface area (Å²) >= 11 is 0. The van der Waals surface area contributed by atoms with Crippen molar-refractivity contribution in [3.05, 3.63) is 23.4 Å². The predicted molar refractivity (Wildman–Crippen MR) is 46.7 cm³/mol. The Balaban J connectivity index is 2.52. The van der Waals surface area contributed by atoms with Crippen LogP contribution in [0, 0.1) is 0 Å². The van der Waals surface area contributed by atoms with Gasteiger partial charge in [0.1, 0.15) is 5.82 Å². The third kappa shape index (κ3) is 1.11. The van der Waals surface area contributed by atoms with Gasteiger partial charge in [0.05, 0.1) is 6.42 Å². The Morgan fingerprint density at radius 2 is 2.38 bits per heavy atom. The molecule has 0 saturated heterocycles. The van der Waals surface area contributed by atoms with Crippen LogP contribution in [-0.4, -0.2) is 24.2 Å². The van der Waals surface area contributed by atoms with Crippen LogP contribution in [0.2, 0.25) is 0 Å². The van der Waals surface area contributed by atoms with Gasteiger partial charge in [0.2, 0.25) is 5.91 Å². The van der Waals surface area contributed by atoms with Crippen molar-refractivity contribution >= 4 is 18.0 Å². The molecular formula is C9H8N2O2. The Labute approximate surface area is 75.2 Å². The van der Waals surface area contributed by atoms with Gasteiger partial charge in [-0.3, -0.25) is 14.5 Å². The second-order valence-corrected chi connectivity index (χ2v) is 3.00. The fourth-order valence-electron chi connectivity index (χ4n) is 1.42. The van der Waals surface area contributed by atoms with Crippen molar-refractivity contribution in [2.45, 2.75) is 6.42 Å². The first-order valence-corrected chi connectivity index (χ1v) is 3.93. The molecule has 1 aliphatic heterocycles. The Morgan fingerprint density at radius 3 is 3.08 bits per heavy atom. The number of likely N-dealkylation sites (N-methyl/N-ethyl adjacent to an activating group) is 1. The number of aldehydes is 1. The standard InChI is InChI=1S/C9H8N2O2/c1-11-8(13)3-7-2-6(5-12)4-10-9(7)11/h2,4-5H,3H2,1H3. The van der Waals surface area contributed by atoms with E-state index in [0.29, 0.717) is 17.8 Å². The number of carbonyl (C=O) groups is 2. The maximum absolute atomic E-state index is 11.2. The van der Waals surface area contributed by atoms with Gasteiger partial charge in [-0.1, -0.05) is 0 Å². The maximum atomic E-state index is 11.2. The number of hydrogen-bond donors (Lipinski definition) is 0. The lowest BCUT2D eigenvalue weighted by Gasteiger charge is -2.07. The lowest BCUT2D eigenvalue weighted by Crippen LogP contribution is -2.21. The molecule has 0 N–H and O–H groups in total. The van der Waals surface area contributed by atoms with Crippen LogP contribution < -0.4 is 4.90 Å². The van der Waals surface area contributed by atoms with Gasteiger partial charge < -0.3 is 0 Å². The van der Waals surface area contributed by atoms with Crippen LogP contribution in [0.3, 0.4) is 0 Å². The first kappa shape index (κ1) is 7.91. The van der Waals surface area contributed by atoms with Crippen LogP contribution in [0.25, 0.3) is 0 Å². The number of aromatic nitrogens is 1. The number of hydrogen-bond acceptors (Lipinski definition) is 3. The smallest absolute Gasteiger partial charge is 0.232 e. The zero-order valence-electron chi connectivity index (χ0n) is 7.15. The maximum Gasteiger partial charge on any atom is 0.232 e. The summed E-state index contributed by atoms with van der Waals surface area (Å²) in [7, 11) is 1.68. The minimum absolute atomic E-state index is 0.0190. The average molecular weight is 176 g/mol. The second-order valence-electron chi connectivity index (χ2n) is 3.00. The highest BCUT2D eigenvalue weighted by Crippen LogP contribution is 2.24. The van der Waals surface area contributed by atoms with Crippen LogP contribution in [0.15, 0.2) is 12.3 Å². The average Bonchev–Trinajstić information content (AvgIpc) is 2.42. The van der Waals surface area contributed by atoms with Gasteiger partial charge in [0, 0.05) is 24.4 Å². The van der Waals surface area contributed by atoms with Crippen molar-refractivity contribution in [2.24, 2.45) is 0 Å². The molecule has 1 amide bonds. The first-order chi connectivity index (χ1) is 6.22. The number of amides is 1. The molecule has 0 spiro atoms. The van der Waals surface area contributed by atoms with Crippen LogP contribution in [0.1, 0.15) is 15.9 Å². The van der Waals surface area contributed by atoms with Crippen LogP contribution in [0.4, 0.5) is 5.82 Å². The minimum Gasteiger partial charge on any atom is -0.299 e. The van der Waals surface area contributed by atoms with E-state index in [9.17, 15) is 9.59 Å². The molecule has 66 valence electrons. The van der Waals surface area contributed by atoms with Crippen LogP contribution >= 0.6 is 0 Å². The number of nitrogens with zero attached hydrogens (tertiary/aromatic N) is 2. The van der Waals surface area contributed by atoms with Crippen molar-refractivity contribution in [3.8, 4) is 0 Å². The third-order valence-corrected chi connectivity index (χ3v) is 2.13. The summed E-state index contributed by atoms with van der Waals surface area (Å²) in [6, 6.07) is 1.71. The molecule has 2 heterocycles. The topological polar surface area (TPSA) is 50.3 Å². The summed E-state index contributed by atoms with van der Waals surface area (Å²) in [4.78, 5) is 27.2. The number of carbonyl (C=O) groups excluding carboxylic acids is 2. The molecule has 0 bridgehead atoms. The van der Waals surface area contributed by atoms with Gasteiger partial charge in [-0.25, -0.2) is 4.98 Å². The van der Waals surface area contributed by atoms with Gasteiger partial charge in [-0.2, -0.15) is 0 Å². The molecule has 0 saturated carbocycles. The van der Waals surface area contributed by atoms with Gasteiger partial charge in [-0.15, -0.1) is 0 Å². The number of anilines is 1. The Hall–Kier alpha value is -1.71. The Kier molecular flexibility index (Phi) is 1.62. The second kappa shape index (κ2) is 2.65. The third-order valence-electron chi connectivity index (χ3n) is 2.13. The predicted octanol–water partition coefficient (Wildman–Crippen LogP) is 0.413. The van der Waals surface area contributed by atoms with E-state index in [0.717, 1.165) is 11.8 Å². The Bertz CT molecular complexity index is 387. The van der Waals surface area contributed by atoms with E-state index < -0.39 is 0 Å². The molecule has 1 aliphatic rings. The molecule has 2 rings (SSSR count). The van der Waals surface area contributed by atoms with Crippen molar-refractivity contribution in [3.63, 3.8) is 0 Å². The summed E-state index contributed by atoms with van der Waals surface area (Å²) in [6.45, 7) is 0. The molecule has 0 unspecified atom stereocenters. The summed E-state index contributed by atoms with van der Waals surface area (Å²) in [5.74, 6) is 0.682. The summed E-state index contributed by atoms with van der Waals surface area (Å²) in [5.41, 5.74) is 1.35. The number of fused-ring (bicyclic) bond motifs is 1. The highest BCUT2D eigenvalue weighted by Gasteiger charge is 2.25. The van der Waals surface area contributed by atoms with Gasteiger partial charge in [0.25, 0.3) is 0 Å². The highest BCUT2D eigenvalue weighted by molar-refractivity contribution is 6.00. The summed E-state index contributed by atoms with van der Waals surface area (Å²) in [6.07, 6.45) is 2.55. The molecule has 13 heavy (non-hydrogen) atoms. The van der Waals surface area contributed by atoms with Crippen LogP contribution in [0.5, 0.6) is 0 Å². The number of pyridine rings is 1. The van der Waals surface area contributed by atoms with Gasteiger partial charge in [-0.05, 0) is 6.07 Å². The fraction of sp³-hybridized carbons (Fsp3) is 0.222. The molecular weight excluding hydrogens is 168 g/mol. The van der Waals surface area contributed by atoms with E-state index in [1.807, 2.05) is 0 Å². The van der Waals surface area contributed by atoms with E-state index in [2.05, 4.69) is 4.98 Å². The van der Waals surface area contributed by atoms with Crippen molar-refractivity contribution in [2.75, 3.05) is 11.9 Å². The molecule has 0 radical (unpaired) electrons. The molecule has 4 nitrogen and oxygen atoms in total. The zero-order valence-corrected chi connectivity index (χ0v) is 7.15. The number of rotatable bonds is 1. The summed E-state index contributed by atoms with van der Waals surface area (Å²) < 4.78 is 0. The van der Waals surface area contributed by atoms with E-state index in [-0.39, 0.29) is 5.91 Å². The minimum atomic E-state index is 0.0190. The van der Waals surface area contributed by atoms with Crippen LogP contribution in [-0.2, 0) is 11.2 Å². The normalized spacial score (nSPS) is 14.5. The van der Waals surface area contributed by atoms with E-state index >= 15 is 0 Å². The molecule has 1 aromatic rings. The molecule has 0 aliphatic carbocycles. The molecule has 1 aromatic heterocycles. The van der Waals surface area contributed by atoms with Crippen molar-refractivity contribution in [1.29, 1.82) is 0 Å². The van der Waals surface area contributed by atoms with Crippen molar-refractivity contribution in [1.82, 2.24) is 4.98 Å². The molecule has 0 atom stereocenters. The fourth-order valence-corrected chi connectivity index (χ4v) is 1.42. The largest absolute Gasteiger partial charge is 0.299 e. The monoisotopic (exact) mass is 176 g/mol. The van der Waals surface area contributed by atoms with E-state index in [4.69, 9.17) is 0 Å². The SMILES string of the molecule is CN1C(=O)Cc2cc(C=O)cnc21. The van der Waals surface area contributed by atoms with Gasteiger partial charge in [0.15, 0.2) is 6.29 Å². The quantitative estimate of drug-likeness (QED) is 0.582. The summed E-state index contributed by atoms with van der Waals surface area (Å²) in [5, 5.41) is 0. The molecule has 0 fully saturated rings. The molecule has 0 aromatic carbocycles. The Morgan fingerprint density at radius 1 is 1.62 bits per heavy atom. The van der Waals surface area contributed by atoms with Gasteiger partial charge >= 0.3 is 0 Å². The lowest BCUT2D eigenvalue weighted by molar-refractivity contribution is -0.117. The first-order valence-electron chi connectivity index (χ1n) is 3.93. The van der Waals surface area contributed by atoms with E-state index in [1.165, 1.54) is 11.1 Å². The lowest BCUT2D eigenvalue weighted by atomic mass is 10.2. The van der Waals surface area contributed by atoms with Crippen molar-refractivity contribution < 1.29 is 9.59 Å². The van der Waals surface area contributed by atoms with E-state index in [1.54, 1.807) is 13.1 Å². The highest BCUT2D eigenvalue weighted by atomic mass is 16.2. The molecule has 4 heteroatoms. The zero-order chi connectivity index (χ0) is 9.42.